The lowest BCUT2D eigenvalue weighted by Crippen LogP contribution is -2.53. The summed E-state index contributed by atoms with van der Waals surface area (Å²) in [6, 6.07) is 4.26. The van der Waals surface area contributed by atoms with Crippen molar-refractivity contribution in [1.82, 2.24) is 19.8 Å². The van der Waals surface area contributed by atoms with Gasteiger partial charge in [0.25, 0.3) is 5.91 Å². The Kier molecular flexibility index (Phi) is 7.59. The SMILES string of the molecule is O=C(c1ccc(-c2cnc(OCC3CCN(CC4(C(F)(F)F)CCC4)CC3)cn2)cc1F)N1CC[C@H](O)C1. The number of aromatic nitrogens is 2. The third-order valence-electron chi connectivity index (χ3n) is 8.19. The summed E-state index contributed by atoms with van der Waals surface area (Å²) < 4.78 is 60.9. The molecule has 3 heterocycles. The molecule has 1 aromatic carbocycles. The Balaban J connectivity index is 1.11. The lowest BCUT2D eigenvalue weighted by atomic mass is 9.67. The van der Waals surface area contributed by atoms with Gasteiger partial charge in [-0.3, -0.25) is 4.79 Å². The van der Waals surface area contributed by atoms with Crippen LogP contribution in [0.2, 0.25) is 0 Å². The van der Waals surface area contributed by atoms with Crippen molar-refractivity contribution in [3.63, 3.8) is 0 Å². The predicted molar refractivity (Wildman–Crippen MR) is 131 cm³/mol. The highest BCUT2D eigenvalue weighted by Crippen LogP contribution is 2.53. The highest BCUT2D eigenvalue weighted by Gasteiger charge is 2.58. The lowest BCUT2D eigenvalue weighted by molar-refractivity contribution is -0.256. The summed E-state index contributed by atoms with van der Waals surface area (Å²) in [7, 11) is 0. The van der Waals surface area contributed by atoms with E-state index in [0.29, 0.717) is 56.2 Å². The molecule has 5 rings (SSSR count). The number of carbonyl (C=O) groups is 1. The van der Waals surface area contributed by atoms with Crippen LogP contribution in [0.15, 0.2) is 30.6 Å². The van der Waals surface area contributed by atoms with Crippen molar-refractivity contribution in [2.24, 2.45) is 11.3 Å². The molecule has 11 heteroatoms. The van der Waals surface area contributed by atoms with E-state index in [0.717, 1.165) is 12.8 Å². The minimum absolute atomic E-state index is 0.0527. The monoisotopic (exact) mass is 536 g/mol. The van der Waals surface area contributed by atoms with Gasteiger partial charge >= 0.3 is 6.18 Å². The van der Waals surface area contributed by atoms with Crippen LogP contribution >= 0.6 is 0 Å². The number of likely N-dealkylation sites (tertiary alicyclic amines) is 2. The maximum Gasteiger partial charge on any atom is 0.395 e. The summed E-state index contributed by atoms with van der Waals surface area (Å²) in [5, 5.41) is 9.63. The molecule has 0 spiro atoms. The summed E-state index contributed by atoms with van der Waals surface area (Å²) >= 11 is 0. The van der Waals surface area contributed by atoms with Gasteiger partial charge in [0.1, 0.15) is 5.82 Å². The van der Waals surface area contributed by atoms with Crippen molar-refractivity contribution in [3.8, 4) is 17.1 Å². The maximum atomic E-state index is 14.7. The van der Waals surface area contributed by atoms with Crippen LogP contribution < -0.4 is 4.74 Å². The number of alkyl halides is 3. The van der Waals surface area contributed by atoms with Gasteiger partial charge < -0.3 is 19.6 Å². The number of rotatable bonds is 7. The second kappa shape index (κ2) is 10.8. The highest BCUT2D eigenvalue weighted by molar-refractivity contribution is 5.95. The topological polar surface area (TPSA) is 78.8 Å². The molecule has 38 heavy (non-hydrogen) atoms. The van der Waals surface area contributed by atoms with E-state index in [1.807, 2.05) is 4.90 Å². The molecule has 2 aliphatic heterocycles. The molecule has 1 amide bonds. The second-order valence-corrected chi connectivity index (χ2v) is 10.8. The van der Waals surface area contributed by atoms with Crippen LogP contribution in [0.4, 0.5) is 17.6 Å². The fourth-order valence-electron chi connectivity index (χ4n) is 5.56. The maximum absolute atomic E-state index is 14.7. The van der Waals surface area contributed by atoms with Crippen LogP contribution in [0.25, 0.3) is 11.3 Å². The zero-order valence-corrected chi connectivity index (χ0v) is 21.1. The minimum atomic E-state index is -4.14. The van der Waals surface area contributed by atoms with Crippen molar-refractivity contribution >= 4 is 5.91 Å². The van der Waals surface area contributed by atoms with Crippen molar-refractivity contribution < 1.29 is 32.2 Å². The molecule has 3 fully saturated rings. The Labute approximate surface area is 218 Å². The molecule has 1 saturated carbocycles. The highest BCUT2D eigenvalue weighted by atomic mass is 19.4. The van der Waals surface area contributed by atoms with Crippen LogP contribution in [-0.4, -0.2) is 82.4 Å². The average molecular weight is 537 g/mol. The van der Waals surface area contributed by atoms with Gasteiger partial charge in [0.05, 0.1) is 41.8 Å². The molecule has 1 N–H and O–H groups in total. The van der Waals surface area contributed by atoms with Crippen molar-refractivity contribution in [2.75, 3.05) is 39.3 Å². The molecule has 0 unspecified atom stereocenters. The summed E-state index contributed by atoms with van der Waals surface area (Å²) in [5.74, 6) is -0.566. The first-order chi connectivity index (χ1) is 18.1. The number of halogens is 4. The first-order valence-electron chi connectivity index (χ1n) is 13.1. The number of amides is 1. The van der Waals surface area contributed by atoms with E-state index in [9.17, 15) is 27.5 Å². The van der Waals surface area contributed by atoms with Gasteiger partial charge in [-0.2, -0.15) is 13.2 Å². The fourth-order valence-corrected chi connectivity index (χ4v) is 5.56. The van der Waals surface area contributed by atoms with E-state index in [4.69, 9.17) is 4.74 Å². The van der Waals surface area contributed by atoms with E-state index < -0.39 is 29.4 Å². The van der Waals surface area contributed by atoms with E-state index >= 15 is 0 Å². The normalized spacial score (nSPS) is 22.3. The van der Waals surface area contributed by atoms with Crippen LogP contribution in [0.5, 0.6) is 5.88 Å². The second-order valence-electron chi connectivity index (χ2n) is 10.8. The quantitative estimate of drug-likeness (QED) is 0.532. The molecular formula is C27H32F4N4O3. The molecule has 3 aliphatic rings. The molecule has 0 bridgehead atoms. The minimum Gasteiger partial charge on any atom is -0.476 e. The molecule has 206 valence electrons. The van der Waals surface area contributed by atoms with Crippen LogP contribution in [0.1, 0.15) is 48.9 Å². The number of aliphatic hydroxyl groups is 1. The summed E-state index contributed by atoms with van der Waals surface area (Å²) in [6.07, 6.45) is 1.33. The molecule has 7 nitrogen and oxygen atoms in total. The smallest absolute Gasteiger partial charge is 0.395 e. The number of nitrogens with zero attached hydrogens (tertiary/aromatic N) is 4. The number of β-amino-alcohol motifs (C(OH)–C–C–N with tert-alkyl or cyclic N) is 1. The standard InChI is InChI=1S/C27H32F4N4O3/c28-22-12-19(2-3-21(22)25(37)35-11-6-20(36)15-35)23-13-33-24(14-32-23)38-16-18-4-9-34(10-5-18)17-26(7-1-8-26)27(29,30)31/h2-3,12-14,18,20,36H,1,4-11,15-17H2/t20-/m0/s1. The van der Waals surface area contributed by atoms with E-state index in [1.165, 1.54) is 29.4 Å². The van der Waals surface area contributed by atoms with Crippen molar-refractivity contribution in [2.45, 2.75) is 50.8 Å². The molecule has 1 aromatic heterocycles. The third kappa shape index (κ3) is 5.63. The summed E-state index contributed by atoms with van der Waals surface area (Å²) in [5.41, 5.74) is -0.683. The Hall–Kier alpha value is -2.79. The molecule has 1 atom stereocenters. The van der Waals surface area contributed by atoms with Gasteiger partial charge in [0.2, 0.25) is 5.88 Å². The number of aliphatic hydroxyl groups excluding tert-OH is 1. The Bertz CT molecular complexity index is 1130. The number of ether oxygens (including phenoxy) is 1. The average Bonchev–Trinajstić information content (AvgIpc) is 3.31. The van der Waals surface area contributed by atoms with Gasteiger partial charge in [-0.05, 0) is 63.2 Å². The largest absolute Gasteiger partial charge is 0.476 e. The number of carbonyl (C=O) groups excluding carboxylic acids is 1. The van der Waals surface area contributed by atoms with Gasteiger partial charge in [0.15, 0.2) is 0 Å². The molecular weight excluding hydrogens is 504 g/mol. The van der Waals surface area contributed by atoms with Gasteiger partial charge in [-0.15, -0.1) is 0 Å². The van der Waals surface area contributed by atoms with Crippen molar-refractivity contribution in [1.29, 1.82) is 0 Å². The zero-order valence-electron chi connectivity index (χ0n) is 21.1. The number of benzene rings is 1. The fraction of sp³-hybridized carbons (Fsp3) is 0.593. The molecule has 2 aromatic rings. The van der Waals surface area contributed by atoms with Gasteiger partial charge in [0, 0.05) is 25.2 Å². The lowest BCUT2D eigenvalue weighted by Gasteiger charge is -2.47. The van der Waals surface area contributed by atoms with E-state index in [-0.39, 0.29) is 37.4 Å². The summed E-state index contributed by atoms with van der Waals surface area (Å²) in [6.45, 7) is 2.34. The van der Waals surface area contributed by atoms with Crippen LogP contribution in [-0.2, 0) is 0 Å². The number of hydrogen-bond acceptors (Lipinski definition) is 6. The van der Waals surface area contributed by atoms with E-state index in [2.05, 4.69) is 9.97 Å². The first kappa shape index (κ1) is 26.8. The first-order valence-corrected chi connectivity index (χ1v) is 13.1. The Morgan fingerprint density at radius 3 is 2.42 bits per heavy atom. The zero-order chi connectivity index (χ0) is 26.9. The van der Waals surface area contributed by atoms with Crippen molar-refractivity contribution in [3.05, 3.63) is 42.0 Å². The molecule has 1 aliphatic carbocycles. The molecule has 0 radical (unpaired) electrons. The van der Waals surface area contributed by atoms with E-state index in [1.54, 1.807) is 6.07 Å². The Morgan fingerprint density at radius 1 is 1.11 bits per heavy atom. The predicted octanol–water partition coefficient (Wildman–Crippen LogP) is 4.31. The Morgan fingerprint density at radius 2 is 1.87 bits per heavy atom. The van der Waals surface area contributed by atoms with Gasteiger partial charge in [-0.25, -0.2) is 14.4 Å². The third-order valence-corrected chi connectivity index (χ3v) is 8.19. The molecule has 2 saturated heterocycles. The number of piperidine rings is 1. The van der Waals surface area contributed by atoms with Crippen LogP contribution in [0, 0.1) is 17.2 Å². The van der Waals surface area contributed by atoms with Gasteiger partial charge in [-0.1, -0.05) is 12.5 Å². The summed E-state index contributed by atoms with van der Waals surface area (Å²) in [4.78, 5) is 24.5. The van der Waals surface area contributed by atoms with Crippen LogP contribution in [0.3, 0.4) is 0 Å². The number of hydrogen-bond donors (Lipinski definition) is 1.